The molecule has 4 aliphatic rings. The Morgan fingerprint density at radius 2 is 1.80 bits per heavy atom. The van der Waals surface area contributed by atoms with Gasteiger partial charge in [-0.3, -0.25) is 4.79 Å². The van der Waals surface area contributed by atoms with E-state index in [2.05, 4.69) is 6.58 Å². The number of amides is 1. The highest BCUT2D eigenvalue weighted by Gasteiger charge is 2.52. The second-order valence-electron chi connectivity index (χ2n) is 13.3. The molecule has 1 amide bonds. The van der Waals surface area contributed by atoms with Gasteiger partial charge in [0, 0.05) is 24.5 Å². The van der Waals surface area contributed by atoms with Crippen molar-refractivity contribution in [3.05, 3.63) is 77.6 Å². The molecule has 0 spiro atoms. The molecule has 16 nitrogen and oxygen atoms in total. The zero-order chi connectivity index (χ0) is 38.7. The lowest BCUT2D eigenvalue weighted by molar-refractivity contribution is -0.340. The minimum Gasteiger partial charge on any atom is -0.504 e. The van der Waals surface area contributed by atoms with Gasteiger partial charge in [-0.1, -0.05) is 12.1 Å². The standard InChI is InChI=1S/C38H45NO15/c1-4-22-24-13-26-23-14-27(43)29(48-2)12-20(23)9-10-39(26)36(47)25(24)18-50-37(22)54-38-35(34(46)33(45)31(17-42)52-38)53-32(44)8-6-19-5-7-28(30(11-19)49-3)51-21(15-40)16-41/h4-8,11-12,14,18,21-22,24,26,31,33-35,37-38,40-43,45-46H,1,9-10,13,15-17H2,2-3H3/t22-,24+,26-,31-,33-,34+,35-,37+,38+/m1/s1. The van der Waals surface area contributed by atoms with Crippen LogP contribution in [0, 0.1) is 11.8 Å². The van der Waals surface area contributed by atoms with E-state index in [0.717, 1.165) is 17.2 Å². The second-order valence-corrected chi connectivity index (χ2v) is 13.3. The smallest absolute Gasteiger partial charge is 0.331 e. The Morgan fingerprint density at radius 1 is 1.04 bits per heavy atom. The molecule has 6 rings (SSSR count). The molecule has 0 aromatic heterocycles. The van der Waals surface area contributed by atoms with E-state index >= 15 is 0 Å². The topological polar surface area (TPSA) is 223 Å². The van der Waals surface area contributed by atoms with Gasteiger partial charge in [-0.2, -0.15) is 0 Å². The van der Waals surface area contributed by atoms with Crippen LogP contribution in [0.4, 0.5) is 0 Å². The largest absolute Gasteiger partial charge is 0.504 e. The van der Waals surface area contributed by atoms with E-state index in [9.17, 15) is 40.2 Å². The van der Waals surface area contributed by atoms with Crippen LogP contribution >= 0.6 is 0 Å². The maximum atomic E-state index is 13.8. The van der Waals surface area contributed by atoms with Crippen LogP contribution in [-0.2, 0) is 35.0 Å². The summed E-state index contributed by atoms with van der Waals surface area (Å²) in [4.78, 5) is 28.7. The SMILES string of the molecule is C=C[C@H]1[C@H](O[C@@H]2O[C@H](CO)[C@@H](O)[C@H](O)[C@H]2OC(=O)C=Cc2ccc(OC(CO)CO)c(OC)c2)OC=C2C(=O)N3CCc4cc(OC)c(O)cc4[C@H]3C[C@H]21. The van der Waals surface area contributed by atoms with Crippen LogP contribution in [0.3, 0.4) is 0 Å². The summed E-state index contributed by atoms with van der Waals surface area (Å²) in [5.41, 5.74) is 2.66. The van der Waals surface area contributed by atoms with E-state index in [0.29, 0.717) is 36.3 Å². The maximum Gasteiger partial charge on any atom is 0.331 e. The molecule has 2 aromatic carbocycles. The number of fused-ring (bicyclic) bond motifs is 4. The van der Waals surface area contributed by atoms with Crippen molar-refractivity contribution >= 4 is 18.0 Å². The number of piperidine rings is 1. The van der Waals surface area contributed by atoms with Crippen molar-refractivity contribution in [2.75, 3.05) is 40.6 Å². The third kappa shape index (κ3) is 7.63. The fourth-order valence-corrected chi connectivity index (χ4v) is 7.35. The van der Waals surface area contributed by atoms with Gasteiger partial charge >= 0.3 is 5.97 Å². The van der Waals surface area contributed by atoms with Gasteiger partial charge in [-0.15, -0.1) is 6.58 Å². The van der Waals surface area contributed by atoms with Crippen LogP contribution in [-0.4, -0.2) is 131 Å². The molecule has 9 atom stereocenters. The first-order valence-corrected chi connectivity index (χ1v) is 17.5. The Morgan fingerprint density at radius 3 is 2.48 bits per heavy atom. The number of aliphatic hydroxyl groups is 5. The normalized spacial score (nSPS) is 29.0. The van der Waals surface area contributed by atoms with Crippen LogP contribution in [0.25, 0.3) is 6.08 Å². The number of esters is 1. The first-order valence-electron chi connectivity index (χ1n) is 17.5. The number of phenols is 1. The molecule has 0 aliphatic carbocycles. The third-order valence-corrected chi connectivity index (χ3v) is 10.2. The monoisotopic (exact) mass is 755 g/mol. The van der Waals surface area contributed by atoms with Gasteiger partial charge in [0.05, 0.1) is 51.9 Å². The van der Waals surface area contributed by atoms with E-state index in [-0.39, 0.29) is 29.2 Å². The fraction of sp³-hybridized carbons (Fsp3) is 0.474. The molecule has 16 heteroatoms. The summed E-state index contributed by atoms with van der Waals surface area (Å²) in [6, 6.07) is 7.70. The van der Waals surface area contributed by atoms with Crippen LogP contribution in [0.15, 0.2) is 60.9 Å². The molecule has 2 aromatic rings. The molecule has 0 saturated carbocycles. The number of aromatic hydroxyl groups is 1. The zero-order valence-corrected chi connectivity index (χ0v) is 29.7. The Kier molecular flexibility index (Phi) is 12.1. The number of hydrogen-bond donors (Lipinski definition) is 6. The molecular weight excluding hydrogens is 710 g/mol. The van der Waals surface area contributed by atoms with E-state index in [1.807, 2.05) is 0 Å². The van der Waals surface area contributed by atoms with E-state index in [1.54, 1.807) is 35.2 Å². The van der Waals surface area contributed by atoms with Crippen molar-refractivity contribution in [2.45, 2.75) is 62.0 Å². The van der Waals surface area contributed by atoms with E-state index in [1.165, 1.54) is 32.6 Å². The molecule has 54 heavy (non-hydrogen) atoms. The van der Waals surface area contributed by atoms with Gasteiger partial charge in [0.25, 0.3) is 5.91 Å². The summed E-state index contributed by atoms with van der Waals surface area (Å²) in [7, 11) is 2.87. The van der Waals surface area contributed by atoms with Crippen molar-refractivity contribution in [1.29, 1.82) is 0 Å². The molecule has 4 heterocycles. The number of carbonyl (C=O) groups is 2. The number of aliphatic hydroxyl groups excluding tert-OH is 5. The van der Waals surface area contributed by atoms with Crippen molar-refractivity contribution < 1.29 is 73.4 Å². The van der Waals surface area contributed by atoms with Gasteiger partial charge in [0.2, 0.25) is 12.6 Å². The second kappa shape index (κ2) is 16.8. The average Bonchev–Trinajstić information content (AvgIpc) is 3.18. The third-order valence-electron chi connectivity index (χ3n) is 10.2. The number of phenolic OH excluding ortho intramolecular Hbond substituents is 1. The highest BCUT2D eigenvalue weighted by Crippen LogP contribution is 2.49. The van der Waals surface area contributed by atoms with Crippen molar-refractivity contribution in [2.24, 2.45) is 11.8 Å². The average molecular weight is 756 g/mol. The molecule has 2 saturated heterocycles. The highest BCUT2D eigenvalue weighted by atomic mass is 16.8. The first-order chi connectivity index (χ1) is 26.0. The van der Waals surface area contributed by atoms with E-state index < -0.39 is 80.7 Å². The Hall–Kier alpha value is -4.68. The lowest BCUT2D eigenvalue weighted by Crippen LogP contribution is -2.61. The Balaban J connectivity index is 1.20. The Bertz CT molecular complexity index is 1760. The van der Waals surface area contributed by atoms with Crippen LogP contribution in [0.1, 0.15) is 29.2 Å². The number of hydrogen-bond acceptors (Lipinski definition) is 15. The summed E-state index contributed by atoms with van der Waals surface area (Å²) in [6.45, 7) is 2.90. The molecule has 0 radical (unpaired) electrons. The number of carbonyl (C=O) groups excluding carboxylic acids is 2. The van der Waals surface area contributed by atoms with Crippen molar-refractivity contribution in [3.8, 4) is 23.0 Å². The minimum atomic E-state index is -1.74. The van der Waals surface area contributed by atoms with Crippen molar-refractivity contribution in [1.82, 2.24) is 4.90 Å². The minimum absolute atomic E-state index is 0.0391. The number of benzene rings is 2. The van der Waals surface area contributed by atoms with Crippen LogP contribution in [0.5, 0.6) is 23.0 Å². The summed E-state index contributed by atoms with van der Waals surface area (Å²) in [5, 5.41) is 60.9. The molecule has 2 fully saturated rings. The molecule has 0 bridgehead atoms. The summed E-state index contributed by atoms with van der Waals surface area (Å²) in [6.07, 6.45) is -3.45. The quantitative estimate of drug-likeness (QED) is 0.0942. The molecule has 6 N–H and O–H groups in total. The number of rotatable bonds is 13. The highest BCUT2D eigenvalue weighted by molar-refractivity contribution is 5.95. The van der Waals surface area contributed by atoms with Crippen molar-refractivity contribution in [3.63, 3.8) is 0 Å². The zero-order valence-electron chi connectivity index (χ0n) is 29.7. The van der Waals surface area contributed by atoms with Gasteiger partial charge in [0.15, 0.2) is 29.1 Å². The lowest BCUT2D eigenvalue weighted by Gasteiger charge is -2.49. The van der Waals surface area contributed by atoms with Gasteiger partial charge in [-0.05, 0) is 59.9 Å². The number of methoxy groups -OCH3 is 2. The summed E-state index contributed by atoms with van der Waals surface area (Å²) < 4.78 is 39.7. The molecule has 292 valence electrons. The summed E-state index contributed by atoms with van der Waals surface area (Å²) >= 11 is 0. The molecule has 4 aliphatic heterocycles. The maximum absolute atomic E-state index is 13.8. The lowest BCUT2D eigenvalue weighted by atomic mass is 9.73. The predicted molar refractivity (Wildman–Crippen MR) is 187 cm³/mol. The van der Waals surface area contributed by atoms with Gasteiger partial charge < -0.3 is 68.7 Å². The first kappa shape index (κ1) is 39.0. The fourth-order valence-electron chi connectivity index (χ4n) is 7.35. The van der Waals surface area contributed by atoms with Crippen LogP contribution in [0.2, 0.25) is 0 Å². The van der Waals surface area contributed by atoms with Gasteiger partial charge in [-0.25, -0.2) is 4.79 Å². The number of ether oxygens (including phenoxy) is 7. The molecular formula is C38H45NO15. The van der Waals surface area contributed by atoms with Crippen LogP contribution < -0.4 is 14.2 Å². The van der Waals surface area contributed by atoms with Gasteiger partial charge in [0.1, 0.15) is 24.4 Å². The Labute approximate surface area is 311 Å². The molecule has 0 unspecified atom stereocenters. The predicted octanol–water partition coefficient (Wildman–Crippen LogP) is 0.710. The number of nitrogens with zero attached hydrogens (tertiary/aromatic N) is 1. The van der Waals surface area contributed by atoms with E-state index in [4.69, 9.17) is 33.2 Å². The summed E-state index contributed by atoms with van der Waals surface area (Å²) in [5.74, 6) is -1.44.